The third-order valence-electron chi connectivity index (χ3n) is 19.8. The minimum Gasteiger partial charge on any atom is -0.753 e. The molecule has 8 rings (SSSR count). The van der Waals surface area contributed by atoms with Crippen LogP contribution in [0.1, 0.15) is 227 Å². The van der Waals surface area contributed by atoms with E-state index < -0.39 is 29.8 Å². The molecule has 144 heavy (non-hydrogen) atoms. The first kappa shape index (κ1) is 174. The van der Waals surface area contributed by atoms with Crippen LogP contribution in [0.4, 0.5) is 0 Å². The number of carboxylic acid groups (broad SMARTS) is 5. The summed E-state index contributed by atoms with van der Waals surface area (Å²) in [7, 11) is 26.5. The van der Waals surface area contributed by atoms with Crippen LogP contribution >= 0.6 is 48.9 Å². The molecule has 10 radical (unpaired) electrons. The van der Waals surface area contributed by atoms with Gasteiger partial charge in [0.2, 0.25) is 0 Å². The molecule has 15 N–H and O–H groups in total. The molecule has 8 aliphatic heterocycles. The molecule has 8 aliphatic rings. The number of carboxylic acids is 5. The van der Waals surface area contributed by atoms with Crippen molar-refractivity contribution >= 4 is 139 Å². The van der Waals surface area contributed by atoms with E-state index in [2.05, 4.69) is 135 Å². The Morgan fingerprint density at radius 1 is 0.333 bits per heavy atom. The fourth-order valence-corrected chi connectivity index (χ4v) is 8.51. The number of hydrogen-bond donors (Lipinski definition) is 10. The van der Waals surface area contributed by atoms with E-state index in [9.17, 15) is 29.1 Å². The quantitative estimate of drug-likeness (QED) is 0.0126. The summed E-state index contributed by atoms with van der Waals surface area (Å²) < 4.78 is 26.8. The number of aliphatic carboxylic acids is 5. The van der Waals surface area contributed by atoms with Crippen LogP contribution < -0.4 is 28.0 Å². The first-order chi connectivity index (χ1) is 60.5. The van der Waals surface area contributed by atoms with Crippen molar-refractivity contribution in [2.75, 3.05) is 45.7 Å². The molecule has 0 aromatic carbocycles. The molecule has 0 aromatic heterocycles. The van der Waals surface area contributed by atoms with E-state index in [1.807, 2.05) is 129 Å². The molecule has 8 heterocycles. The Balaban J connectivity index is -0.0000000844. The number of rotatable bonds is 26. The number of quaternary nitrogens is 1. The fourth-order valence-electron chi connectivity index (χ4n) is 8.51. The second-order valence-corrected chi connectivity index (χ2v) is 33.2. The molecule has 0 amide bonds. The van der Waals surface area contributed by atoms with Gasteiger partial charge in [-0.3, -0.25) is 10.5 Å². The summed E-state index contributed by atoms with van der Waals surface area (Å²) in [6.07, 6.45) is 37.1. The molecule has 0 aliphatic carbocycles. The van der Waals surface area contributed by atoms with E-state index in [0.717, 1.165) is 29.0 Å². The summed E-state index contributed by atoms with van der Waals surface area (Å²) in [5.74, 6) is -5.57. The van der Waals surface area contributed by atoms with Crippen LogP contribution in [0.2, 0.25) is 0 Å². The number of carbonyl (C=O) groups is 5. The summed E-state index contributed by atoms with van der Waals surface area (Å²) in [5, 5.41) is 130. The Morgan fingerprint density at radius 3 is 0.667 bits per heavy atom. The second kappa shape index (κ2) is 86.9. The molecule has 800 valence electrons. The van der Waals surface area contributed by atoms with Crippen molar-refractivity contribution in [2.24, 2.45) is 22.6 Å². The normalized spacial score (nSPS) is 15.7. The molecular weight excluding hydrogens is 2090 g/mol. The number of ether oxygens (including phenoxy) is 5. The van der Waals surface area contributed by atoms with E-state index in [1.54, 1.807) is 30.6 Å². The van der Waals surface area contributed by atoms with E-state index in [0.29, 0.717) is 39.8 Å². The van der Waals surface area contributed by atoms with Crippen LogP contribution in [0.25, 0.3) is 64.2 Å². The molecule has 0 unspecified atom stereocenters. The summed E-state index contributed by atoms with van der Waals surface area (Å²) in [4.78, 5) is 62.2. The maximum absolute atomic E-state index is 10.8. The fraction of sp³-hybridized carbons (Fsp3) is 0.500. The topological polar surface area (TPSA) is 602 Å². The minimum absolute atomic E-state index is 0. The van der Waals surface area contributed by atoms with Gasteiger partial charge in [0, 0.05) is 49.1 Å². The van der Waals surface area contributed by atoms with Crippen LogP contribution in [0.5, 0.6) is 0 Å². The first-order valence-electron chi connectivity index (χ1n) is 38.9. The molecule has 0 aromatic rings. The third kappa shape index (κ3) is 69.0. The van der Waals surface area contributed by atoms with Gasteiger partial charge >= 0.3 is 62.8 Å². The smallest absolute Gasteiger partial charge is 0.753 e. The average Bonchev–Trinajstić information content (AvgIpc) is 0.800. The summed E-state index contributed by atoms with van der Waals surface area (Å²) >= 11 is 14.8. The van der Waals surface area contributed by atoms with Gasteiger partial charge < -0.3 is 141 Å². The number of allylic oxidation sites excluding steroid dienone is 10. The van der Waals surface area contributed by atoms with Crippen LogP contribution in [0, 0.1) is 5.41 Å². The standard InChI is InChI=1S/C19H25BN2O3.C12H10N2O4.2C12H8N2O4.4C7H16BNO.4CNS.11CH4.2Ru/c1-18(2,19(3,4)24-13-20)11-14-5-7-21-16(9-14)17-10-15(12-25-23)6-8-22-17;15-12(16)9-2-4-14-11(6-9)10-5-8(7-18-17)1-3-13-10;2*15-11(16)7-1-3-13-9(5-7)10-6-8(12(17)18)2-4-14-10;4*1-6(2,9)7(3,4)10-5-8;4*2-1-3;;;;;;;;;;;;;/h5-10,23H,11-13H2,1-4H3;1-6,17H,7H2,(H,15,16);2*1-6H,(H,15,16)(H,17,18);4*5,9H2,1-4H3;;;;;11*1H4;;/q4*-2;;;;;4*-1;;;;;;;;;;;;2*+6. The van der Waals surface area contributed by atoms with Gasteiger partial charge in [-0.25, -0.2) is 29.0 Å². The number of thiocarbonyl (C=S) groups is 4. The number of hydrogen-bond acceptors (Lipinski definition) is 22. The summed E-state index contributed by atoms with van der Waals surface area (Å²) in [6, 6.07) is 0. The van der Waals surface area contributed by atoms with Crippen molar-refractivity contribution in [1.29, 1.82) is 0 Å². The maximum Gasteiger partial charge on any atom is 6.00 e. The summed E-state index contributed by atoms with van der Waals surface area (Å²) in [6.45, 7) is 40.8. The molecule has 0 bridgehead atoms. The van der Waals surface area contributed by atoms with Gasteiger partial charge in [0.15, 0.2) is 0 Å². The van der Waals surface area contributed by atoms with Crippen LogP contribution in [0.15, 0.2) is 237 Å². The molecular formula is C98H159B5N16O19Ru2S4. The van der Waals surface area contributed by atoms with Crippen molar-refractivity contribution in [3.8, 4) is 0 Å². The van der Waals surface area contributed by atoms with Crippen molar-refractivity contribution in [1.82, 2.24) is 0 Å². The molecule has 0 atom stereocenters. The zero-order valence-electron chi connectivity index (χ0n) is 78.0. The first-order valence-corrected chi connectivity index (χ1v) is 40.5. The van der Waals surface area contributed by atoms with Gasteiger partial charge in [0.25, 0.3) is 0 Å². The molecule has 0 fully saturated rings. The van der Waals surface area contributed by atoms with Gasteiger partial charge in [-0.1, -0.05) is 247 Å². The number of isothiocyanates is 4. The maximum atomic E-state index is 10.8. The third-order valence-corrected chi connectivity index (χ3v) is 19.8. The van der Waals surface area contributed by atoms with Crippen LogP contribution in [-0.4, -0.2) is 217 Å². The number of carbonyl (C=O) groups excluding carboxylic acids is 1. The Labute approximate surface area is 916 Å². The number of nitrogens with two attached hydrogens (primary N) is 3. The monoisotopic (exact) mass is 2250 g/mol. The van der Waals surface area contributed by atoms with Gasteiger partial charge in [-0.15, -0.1) is 0 Å². The van der Waals surface area contributed by atoms with Gasteiger partial charge in [-0.2, -0.15) is 116 Å². The SMILES string of the molecule is C.C.C.C.C.C.C.C.C.C.C.O=C(O)C1=CC(=C2C=C(C(=O)O)C=C[N-]2)[N-]C=C1.O=C(O)C1=CC(=C2C=C(C(=O)O)C=C[N-]2)[N-]C=C1.O=C([O-])C1=CC(=C2C=C(COO)C=C[N-]2)[N-]C=C1.[B]COC(C)(C)C(C)(C)CC1=CC(=C2C=C(COO)C=C[N-]2)[N-]C=C1.[B]COC(C)(C)C(C)(C)N.[B]COC(C)(C)C(C)(C)N.[B]COC(C)(C)C(C)(C)N.[B]COC(C)(C)C(C)(C)[NH3+].[N-]=C=S.[N-]=C=S.[N-]=C=S.[N-]=C=S.[Ru+6].[Ru+6]. The minimum atomic E-state index is -1.27. The summed E-state index contributed by atoms with van der Waals surface area (Å²) in [5.41, 5.74) is 25.2. The Kier molecular flexibility index (Phi) is 105. The second-order valence-electron chi connectivity index (χ2n) is 32.4. The van der Waals surface area contributed by atoms with Gasteiger partial charge in [0.05, 0.1) is 50.7 Å². The van der Waals surface area contributed by atoms with Crippen molar-refractivity contribution in [3.63, 3.8) is 0 Å². The van der Waals surface area contributed by atoms with Crippen molar-refractivity contribution in [2.45, 2.75) is 277 Å². The van der Waals surface area contributed by atoms with Crippen molar-refractivity contribution in [3.05, 3.63) is 301 Å². The van der Waals surface area contributed by atoms with Crippen LogP contribution in [0.3, 0.4) is 0 Å². The van der Waals surface area contributed by atoms with E-state index in [1.165, 1.54) is 119 Å². The Morgan fingerprint density at radius 2 is 0.500 bits per heavy atom. The van der Waals surface area contributed by atoms with Gasteiger partial charge in [0.1, 0.15) is 63.6 Å². The van der Waals surface area contributed by atoms with E-state index >= 15 is 0 Å². The molecule has 0 saturated heterocycles. The van der Waals surface area contributed by atoms with E-state index in [4.69, 9.17) is 133 Å². The molecule has 0 saturated carbocycles. The number of nitrogens with zero attached hydrogens (tertiary/aromatic N) is 12. The predicted octanol–water partition coefficient (Wildman–Crippen LogP) is 21.3. The molecule has 46 heteroatoms. The predicted molar refractivity (Wildman–Crippen MR) is 602 cm³/mol. The Hall–Kier alpha value is -9.20. The largest absolute Gasteiger partial charge is 6.00 e. The zero-order chi connectivity index (χ0) is 102. The van der Waals surface area contributed by atoms with E-state index in [-0.39, 0.29) is 250 Å². The van der Waals surface area contributed by atoms with Crippen LogP contribution in [-0.2, 0) is 96.4 Å². The Bertz CT molecular complexity index is 4270. The molecule has 35 nitrogen and oxygen atoms in total. The van der Waals surface area contributed by atoms with Gasteiger partial charge in [-0.05, 0) is 153 Å². The zero-order valence-corrected chi connectivity index (χ0v) is 84.8. The molecule has 0 spiro atoms. The van der Waals surface area contributed by atoms with Crippen molar-refractivity contribution < 1.29 is 138 Å². The average molecular weight is 2250 g/mol.